The van der Waals surface area contributed by atoms with Gasteiger partial charge in [0.25, 0.3) is 5.91 Å². The van der Waals surface area contributed by atoms with Gasteiger partial charge in [0, 0.05) is 19.3 Å². The molecule has 0 bridgehead atoms. The van der Waals surface area contributed by atoms with Gasteiger partial charge in [-0.2, -0.15) is 0 Å². The molecule has 2 heterocycles. The van der Waals surface area contributed by atoms with Crippen LogP contribution in [0.25, 0.3) is 0 Å². The number of benzene rings is 2. The summed E-state index contributed by atoms with van der Waals surface area (Å²) in [5.41, 5.74) is 2.92. The number of rotatable bonds is 7. The lowest BCUT2D eigenvalue weighted by Crippen LogP contribution is -2.48. The van der Waals surface area contributed by atoms with E-state index >= 15 is 0 Å². The number of likely N-dealkylation sites (tertiary alicyclic amines) is 1. The summed E-state index contributed by atoms with van der Waals surface area (Å²) in [7, 11) is 1.65. The third-order valence-electron chi connectivity index (χ3n) is 7.05. The van der Waals surface area contributed by atoms with Crippen LogP contribution in [0.1, 0.15) is 49.3 Å². The fourth-order valence-electron chi connectivity index (χ4n) is 5.02. The molecule has 0 aromatic heterocycles. The fraction of sp³-hybridized carbons (Fsp3) is 0.407. The van der Waals surface area contributed by atoms with Crippen molar-refractivity contribution in [1.82, 2.24) is 20.4 Å². The van der Waals surface area contributed by atoms with Crippen molar-refractivity contribution in [2.45, 2.75) is 38.1 Å². The van der Waals surface area contributed by atoms with Crippen LogP contribution in [0.15, 0.2) is 53.7 Å². The third kappa shape index (κ3) is 6.02. The molecule has 9 heteroatoms. The molecule has 6 nitrogen and oxygen atoms in total. The van der Waals surface area contributed by atoms with Gasteiger partial charge in [0.05, 0.1) is 21.7 Å². The maximum absolute atomic E-state index is 13.2. The molecule has 0 radical (unpaired) electrons. The molecule has 1 fully saturated rings. The number of carbonyl (C=O) groups is 2. The quantitative estimate of drug-likeness (QED) is 0.463. The summed E-state index contributed by atoms with van der Waals surface area (Å²) in [6.07, 6.45) is 2.90. The molecule has 192 valence electrons. The van der Waals surface area contributed by atoms with Crippen LogP contribution in [0.3, 0.4) is 0 Å². The Kier molecular flexibility index (Phi) is 8.54. The number of amides is 3. The third-order valence-corrected chi connectivity index (χ3v) is 7.79. The van der Waals surface area contributed by atoms with Crippen LogP contribution in [-0.4, -0.2) is 55.0 Å². The van der Waals surface area contributed by atoms with Crippen LogP contribution in [0.5, 0.6) is 0 Å². The Labute approximate surface area is 221 Å². The summed E-state index contributed by atoms with van der Waals surface area (Å²) in [5.74, 6) is 0.0495. The average molecular weight is 533 g/mol. The van der Waals surface area contributed by atoms with Crippen LogP contribution in [-0.2, 0) is 4.79 Å². The Balaban J connectivity index is 1.31. The van der Waals surface area contributed by atoms with Crippen molar-refractivity contribution in [3.63, 3.8) is 0 Å². The second kappa shape index (κ2) is 11.6. The molecule has 2 N–H and O–H groups in total. The fourth-order valence-corrected chi connectivity index (χ4v) is 5.33. The second-order valence-corrected chi connectivity index (χ2v) is 10.2. The summed E-state index contributed by atoms with van der Waals surface area (Å²) in [6, 6.07) is 11.1. The Morgan fingerprint density at radius 2 is 1.75 bits per heavy atom. The Morgan fingerprint density at radius 3 is 2.42 bits per heavy atom. The van der Waals surface area contributed by atoms with Gasteiger partial charge in [-0.15, -0.1) is 0 Å². The first-order valence-electron chi connectivity index (χ1n) is 12.2. The summed E-state index contributed by atoms with van der Waals surface area (Å²) in [5, 5.41) is 6.58. The molecular formula is C27H31Cl2FN4O2. The van der Waals surface area contributed by atoms with Crippen LogP contribution < -0.4 is 10.6 Å². The van der Waals surface area contributed by atoms with E-state index in [1.54, 1.807) is 32.2 Å². The number of urea groups is 1. The van der Waals surface area contributed by atoms with Gasteiger partial charge in [-0.1, -0.05) is 41.4 Å². The number of allylic oxidation sites excluding steroid dienone is 1. The molecule has 0 aliphatic carbocycles. The summed E-state index contributed by atoms with van der Waals surface area (Å²) in [4.78, 5) is 29.6. The van der Waals surface area contributed by atoms with Crippen molar-refractivity contribution >= 4 is 35.1 Å². The first-order chi connectivity index (χ1) is 17.2. The molecule has 0 saturated carbocycles. The molecule has 2 aliphatic heterocycles. The van der Waals surface area contributed by atoms with Crippen molar-refractivity contribution in [2.75, 3.05) is 33.2 Å². The molecule has 2 aromatic rings. The number of hydrogen-bond donors (Lipinski definition) is 2. The van der Waals surface area contributed by atoms with E-state index in [1.807, 2.05) is 12.1 Å². The van der Waals surface area contributed by atoms with E-state index < -0.39 is 6.04 Å². The van der Waals surface area contributed by atoms with Crippen molar-refractivity contribution in [2.24, 2.45) is 0 Å². The van der Waals surface area contributed by atoms with Crippen LogP contribution in [0.4, 0.5) is 9.18 Å². The lowest BCUT2D eigenvalue weighted by molar-refractivity contribution is -0.118. The van der Waals surface area contributed by atoms with Gasteiger partial charge < -0.3 is 20.4 Å². The zero-order valence-electron chi connectivity index (χ0n) is 20.5. The van der Waals surface area contributed by atoms with Gasteiger partial charge in [0.1, 0.15) is 5.82 Å². The Hall–Kier alpha value is -2.61. The SMILES string of the molecule is CC1=C(C(=O)NCCCN2CCC(c3ccc(F)cc3)CC2)[C@@H](c2ccc(Cl)c(Cl)c2)N(C)C(=O)N1. The molecular weight excluding hydrogens is 502 g/mol. The van der Waals surface area contributed by atoms with E-state index in [0.717, 1.165) is 44.5 Å². The highest BCUT2D eigenvalue weighted by atomic mass is 35.5. The number of likely N-dealkylation sites (N-methyl/N-ethyl adjacent to an activating group) is 1. The van der Waals surface area contributed by atoms with Gasteiger partial charge in [-0.25, -0.2) is 9.18 Å². The van der Waals surface area contributed by atoms with Gasteiger partial charge in [0.2, 0.25) is 0 Å². The Morgan fingerprint density at radius 1 is 1.08 bits per heavy atom. The van der Waals surface area contributed by atoms with E-state index in [2.05, 4.69) is 15.5 Å². The number of carbonyl (C=O) groups excluding carboxylic acids is 2. The number of nitrogens with one attached hydrogen (secondary N) is 2. The lowest BCUT2D eigenvalue weighted by atomic mass is 9.89. The van der Waals surface area contributed by atoms with E-state index in [1.165, 1.54) is 22.6 Å². The Bertz CT molecular complexity index is 1150. The number of nitrogens with zero attached hydrogens (tertiary/aromatic N) is 2. The van der Waals surface area contributed by atoms with E-state index in [9.17, 15) is 14.0 Å². The molecule has 0 spiro atoms. The number of halogens is 3. The minimum absolute atomic E-state index is 0.199. The molecule has 2 aliphatic rings. The van der Waals surface area contributed by atoms with Gasteiger partial charge in [-0.05, 0) is 87.1 Å². The number of hydrogen-bond acceptors (Lipinski definition) is 3. The monoisotopic (exact) mass is 532 g/mol. The molecule has 1 atom stereocenters. The first kappa shape index (κ1) is 26.5. The maximum atomic E-state index is 13.2. The average Bonchev–Trinajstić information content (AvgIpc) is 2.86. The minimum atomic E-state index is -0.570. The summed E-state index contributed by atoms with van der Waals surface area (Å²) in [6.45, 7) is 5.11. The number of piperidine rings is 1. The van der Waals surface area contributed by atoms with Crippen LogP contribution in [0, 0.1) is 5.82 Å². The molecule has 4 rings (SSSR count). The zero-order valence-corrected chi connectivity index (χ0v) is 22.0. The highest BCUT2D eigenvalue weighted by Gasteiger charge is 2.35. The molecule has 36 heavy (non-hydrogen) atoms. The highest BCUT2D eigenvalue weighted by Crippen LogP contribution is 2.35. The maximum Gasteiger partial charge on any atom is 0.322 e. The van der Waals surface area contributed by atoms with E-state index in [4.69, 9.17) is 23.2 Å². The van der Waals surface area contributed by atoms with Gasteiger partial charge in [-0.3, -0.25) is 4.79 Å². The predicted molar refractivity (Wildman–Crippen MR) is 141 cm³/mol. The summed E-state index contributed by atoms with van der Waals surface area (Å²) >= 11 is 12.3. The van der Waals surface area contributed by atoms with Gasteiger partial charge >= 0.3 is 6.03 Å². The minimum Gasteiger partial charge on any atom is -0.352 e. The topological polar surface area (TPSA) is 64.7 Å². The van der Waals surface area contributed by atoms with Crippen LogP contribution >= 0.6 is 23.2 Å². The van der Waals surface area contributed by atoms with Crippen molar-refractivity contribution < 1.29 is 14.0 Å². The van der Waals surface area contributed by atoms with E-state index in [0.29, 0.717) is 33.8 Å². The predicted octanol–water partition coefficient (Wildman–Crippen LogP) is 5.49. The largest absolute Gasteiger partial charge is 0.352 e. The summed E-state index contributed by atoms with van der Waals surface area (Å²) < 4.78 is 13.2. The lowest BCUT2D eigenvalue weighted by Gasteiger charge is -2.36. The molecule has 2 aromatic carbocycles. The van der Waals surface area contributed by atoms with Crippen molar-refractivity contribution in [1.29, 1.82) is 0 Å². The van der Waals surface area contributed by atoms with E-state index in [-0.39, 0.29) is 17.8 Å². The first-order valence-corrected chi connectivity index (χ1v) is 13.0. The zero-order chi connectivity index (χ0) is 25.8. The molecule has 0 unspecified atom stereocenters. The van der Waals surface area contributed by atoms with Crippen molar-refractivity contribution in [3.8, 4) is 0 Å². The molecule has 1 saturated heterocycles. The van der Waals surface area contributed by atoms with Crippen molar-refractivity contribution in [3.05, 3.63) is 80.7 Å². The highest BCUT2D eigenvalue weighted by molar-refractivity contribution is 6.42. The van der Waals surface area contributed by atoms with Gasteiger partial charge in [0.15, 0.2) is 0 Å². The second-order valence-electron chi connectivity index (χ2n) is 9.43. The van der Waals surface area contributed by atoms with Crippen LogP contribution in [0.2, 0.25) is 10.0 Å². The standard InChI is InChI=1S/C27H31Cl2FN4O2/c1-17-24(25(33(2)27(36)32-17)20-6-9-22(28)23(29)16-20)26(35)31-12-3-13-34-14-10-19(11-15-34)18-4-7-21(30)8-5-18/h4-9,16,19,25H,3,10-15H2,1-2H3,(H,31,35)(H,32,36)/t25-/m1/s1. The molecule has 3 amide bonds. The smallest absolute Gasteiger partial charge is 0.322 e. The normalized spacial score (nSPS) is 19.4.